The molecule has 1 aromatic rings. The fourth-order valence-electron chi connectivity index (χ4n) is 0.877. The zero-order valence-corrected chi connectivity index (χ0v) is 6.29. The summed E-state index contributed by atoms with van der Waals surface area (Å²) in [6, 6.07) is 3.94. The molecule has 0 saturated heterocycles. The Kier molecular flexibility index (Phi) is 2.26. The standard InChI is InChI=1S/C8H11NO/c1-3-7-5-4-6-9-8(7)10-2/h4-6H,3H2,1-2H3. The fraction of sp³-hybridized carbons (Fsp3) is 0.375. The molecule has 0 aliphatic heterocycles. The molecule has 0 bridgehead atoms. The molecule has 1 aromatic heterocycles. The normalized spacial score (nSPS) is 9.40. The molecule has 0 unspecified atom stereocenters. The molecule has 1 heterocycles. The molecule has 0 spiro atoms. The molecule has 0 aliphatic carbocycles. The van der Waals surface area contributed by atoms with Gasteiger partial charge in [0.15, 0.2) is 0 Å². The average molecular weight is 137 g/mol. The van der Waals surface area contributed by atoms with Gasteiger partial charge in [0.2, 0.25) is 5.88 Å². The van der Waals surface area contributed by atoms with Crippen LogP contribution < -0.4 is 4.74 Å². The summed E-state index contributed by atoms with van der Waals surface area (Å²) in [7, 11) is 1.64. The smallest absolute Gasteiger partial charge is 0.216 e. The Morgan fingerprint density at radius 2 is 2.40 bits per heavy atom. The van der Waals surface area contributed by atoms with Crippen LogP contribution in [0.5, 0.6) is 5.88 Å². The Morgan fingerprint density at radius 1 is 1.60 bits per heavy atom. The minimum Gasteiger partial charge on any atom is -0.481 e. The predicted octanol–water partition coefficient (Wildman–Crippen LogP) is 1.65. The van der Waals surface area contributed by atoms with Crippen LogP contribution in [0.4, 0.5) is 0 Å². The zero-order chi connectivity index (χ0) is 7.40. The zero-order valence-electron chi connectivity index (χ0n) is 6.29. The fourth-order valence-corrected chi connectivity index (χ4v) is 0.877. The second-order valence-electron chi connectivity index (χ2n) is 2.03. The summed E-state index contributed by atoms with van der Waals surface area (Å²) in [5.74, 6) is 0.741. The highest BCUT2D eigenvalue weighted by Gasteiger charge is 1.97. The first kappa shape index (κ1) is 7.06. The van der Waals surface area contributed by atoms with E-state index in [1.807, 2.05) is 12.1 Å². The topological polar surface area (TPSA) is 22.1 Å². The summed E-state index contributed by atoms with van der Waals surface area (Å²) < 4.78 is 5.03. The second kappa shape index (κ2) is 3.20. The van der Waals surface area contributed by atoms with Crippen LogP contribution in [0, 0.1) is 0 Å². The van der Waals surface area contributed by atoms with Crippen LogP contribution in [0.3, 0.4) is 0 Å². The van der Waals surface area contributed by atoms with Gasteiger partial charge < -0.3 is 4.74 Å². The lowest BCUT2D eigenvalue weighted by Crippen LogP contribution is -1.91. The summed E-state index contributed by atoms with van der Waals surface area (Å²) in [6.45, 7) is 2.08. The third-order valence-corrected chi connectivity index (χ3v) is 1.42. The summed E-state index contributed by atoms with van der Waals surface area (Å²) in [5, 5.41) is 0. The molecule has 0 N–H and O–H groups in total. The maximum atomic E-state index is 5.03. The van der Waals surface area contributed by atoms with E-state index in [1.54, 1.807) is 13.3 Å². The van der Waals surface area contributed by atoms with Crippen LogP contribution in [0.1, 0.15) is 12.5 Å². The maximum Gasteiger partial charge on any atom is 0.216 e. The van der Waals surface area contributed by atoms with Crippen molar-refractivity contribution in [3.8, 4) is 5.88 Å². The van der Waals surface area contributed by atoms with Crippen molar-refractivity contribution < 1.29 is 4.74 Å². The quantitative estimate of drug-likeness (QED) is 0.618. The van der Waals surface area contributed by atoms with E-state index >= 15 is 0 Å². The predicted molar refractivity (Wildman–Crippen MR) is 40.2 cm³/mol. The molecule has 54 valence electrons. The lowest BCUT2D eigenvalue weighted by Gasteiger charge is -2.02. The Morgan fingerprint density at radius 3 is 2.90 bits per heavy atom. The molecule has 0 aliphatic rings. The molecule has 0 radical (unpaired) electrons. The van der Waals surface area contributed by atoms with Gasteiger partial charge in [-0.1, -0.05) is 13.0 Å². The molecule has 1 rings (SSSR count). The van der Waals surface area contributed by atoms with Crippen LogP contribution in [-0.2, 0) is 6.42 Å². The van der Waals surface area contributed by atoms with Crippen molar-refractivity contribution >= 4 is 0 Å². The van der Waals surface area contributed by atoms with E-state index in [1.165, 1.54) is 0 Å². The van der Waals surface area contributed by atoms with Gasteiger partial charge in [-0.25, -0.2) is 4.98 Å². The largest absolute Gasteiger partial charge is 0.481 e. The summed E-state index contributed by atoms with van der Waals surface area (Å²) in [5.41, 5.74) is 1.16. The minimum absolute atomic E-state index is 0.741. The molecule has 0 saturated carbocycles. The highest BCUT2D eigenvalue weighted by Crippen LogP contribution is 2.12. The molecule has 2 nitrogen and oxygen atoms in total. The van der Waals surface area contributed by atoms with Crippen molar-refractivity contribution in [2.45, 2.75) is 13.3 Å². The number of aryl methyl sites for hydroxylation is 1. The highest BCUT2D eigenvalue weighted by atomic mass is 16.5. The van der Waals surface area contributed by atoms with Crippen molar-refractivity contribution in [3.05, 3.63) is 23.9 Å². The van der Waals surface area contributed by atoms with E-state index < -0.39 is 0 Å². The van der Waals surface area contributed by atoms with Gasteiger partial charge in [0, 0.05) is 11.8 Å². The van der Waals surface area contributed by atoms with Crippen LogP contribution in [0.2, 0.25) is 0 Å². The van der Waals surface area contributed by atoms with Crippen molar-refractivity contribution in [1.82, 2.24) is 4.98 Å². The first-order valence-corrected chi connectivity index (χ1v) is 3.36. The number of rotatable bonds is 2. The lowest BCUT2D eigenvalue weighted by atomic mass is 10.2. The van der Waals surface area contributed by atoms with E-state index in [0.717, 1.165) is 17.9 Å². The molecule has 10 heavy (non-hydrogen) atoms. The van der Waals surface area contributed by atoms with Crippen LogP contribution >= 0.6 is 0 Å². The molecule has 0 atom stereocenters. The average Bonchev–Trinajstić information content (AvgIpc) is 2.04. The Bertz CT molecular complexity index is 187. The molecular weight excluding hydrogens is 126 g/mol. The van der Waals surface area contributed by atoms with Crippen molar-refractivity contribution in [2.75, 3.05) is 7.11 Å². The van der Waals surface area contributed by atoms with Gasteiger partial charge in [0.1, 0.15) is 0 Å². The third-order valence-electron chi connectivity index (χ3n) is 1.42. The highest BCUT2D eigenvalue weighted by molar-refractivity contribution is 5.24. The summed E-state index contributed by atoms with van der Waals surface area (Å²) >= 11 is 0. The monoisotopic (exact) mass is 137 g/mol. The van der Waals surface area contributed by atoms with Gasteiger partial charge in [0.05, 0.1) is 7.11 Å². The molecule has 0 amide bonds. The van der Waals surface area contributed by atoms with E-state index in [2.05, 4.69) is 11.9 Å². The molecule has 0 fully saturated rings. The van der Waals surface area contributed by atoms with E-state index in [9.17, 15) is 0 Å². The van der Waals surface area contributed by atoms with Crippen molar-refractivity contribution in [1.29, 1.82) is 0 Å². The molecule has 2 heteroatoms. The van der Waals surface area contributed by atoms with Crippen molar-refractivity contribution in [3.63, 3.8) is 0 Å². The van der Waals surface area contributed by atoms with Crippen LogP contribution in [0.15, 0.2) is 18.3 Å². The van der Waals surface area contributed by atoms with Gasteiger partial charge >= 0.3 is 0 Å². The van der Waals surface area contributed by atoms with Gasteiger partial charge in [0.25, 0.3) is 0 Å². The number of hydrogen-bond acceptors (Lipinski definition) is 2. The van der Waals surface area contributed by atoms with E-state index in [-0.39, 0.29) is 0 Å². The van der Waals surface area contributed by atoms with Crippen LogP contribution in [-0.4, -0.2) is 12.1 Å². The SMILES string of the molecule is CCc1cccnc1OC. The number of methoxy groups -OCH3 is 1. The Balaban J connectivity index is 2.96. The van der Waals surface area contributed by atoms with E-state index in [0.29, 0.717) is 0 Å². The third kappa shape index (κ3) is 1.26. The van der Waals surface area contributed by atoms with Crippen LogP contribution in [0.25, 0.3) is 0 Å². The van der Waals surface area contributed by atoms with Gasteiger partial charge in [-0.15, -0.1) is 0 Å². The first-order valence-electron chi connectivity index (χ1n) is 3.36. The molecular formula is C8H11NO. The minimum atomic E-state index is 0.741. The van der Waals surface area contributed by atoms with Gasteiger partial charge in [-0.3, -0.25) is 0 Å². The van der Waals surface area contributed by atoms with E-state index in [4.69, 9.17) is 4.74 Å². The first-order chi connectivity index (χ1) is 4.88. The molecule has 0 aromatic carbocycles. The second-order valence-corrected chi connectivity index (χ2v) is 2.03. The lowest BCUT2D eigenvalue weighted by molar-refractivity contribution is 0.393. The number of hydrogen-bond donors (Lipinski definition) is 0. The number of pyridine rings is 1. The number of aromatic nitrogens is 1. The summed E-state index contributed by atoms with van der Waals surface area (Å²) in [6.07, 6.45) is 2.70. The van der Waals surface area contributed by atoms with Crippen molar-refractivity contribution in [2.24, 2.45) is 0 Å². The number of nitrogens with zero attached hydrogens (tertiary/aromatic N) is 1. The number of ether oxygens (including phenoxy) is 1. The maximum absolute atomic E-state index is 5.03. The Labute approximate surface area is 60.9 Å². The Hall–Kier alpha value is -1.05. The van der Waals surface area contributed by atoms with Gasteiger partial charge in [-0.2, -0.15) is 0 Å². The van der Waals surface area contributed by atoms with Gasteiger partial charge in [-0.05, 0) is 12.5 Å². The summed E-state index contributed by atoms with van der Waals surface area (Å²) in [4.78, 5) is 4.05.